The van der Waals surface area contributed by atoms with E-state index in [9.17, 15) is 13.2 Å². The molecule has 4 heterocycles. The maximum atomic E-state index is 13.0. The lowest BCUT2D eigenvalue weighted by atomic mass is 9.59. The Balaban J connectivity index is 1.31. The van der Waals surface area contributed by atoms with E-state index in [4.69, 9.17) is 4.74 Å². The SMILES string of the molecule is CC1CC2(C1)C(=O)Nc1cnc3ccc(-c4cnc(OCCCN5CCCCC5)c(NS(=O)(=O)N(C)C)c4)cc3c12. The van der Waals surface area contributed by atoms with E-state index >= 15 is 0 Å². The number of likely N-dealkylation sites (tertiary alicyclic amines) is 1. The summed E-state index contributed by atoms with van der Waals surface area (Å²) in [6.45, 7) is 5.80. The van der Waals surface area contributed by atoms with Crippen LogP contribution in [0, 0.1) is 5.92 Å². The Labute approximate surface area is 241 Å². The number of carbonyl (C=O) groups is 1. The van der Waals surface area contributed by atoms with Crippen LogP contribution in [0.5, 0.6) is 5.88 Å². The van der Waals surface area contributed by atoms with Crippen molar-refractivity contribution in [3.05, 3.63) is 42.2 Å². The van der Waals surface area contributed by atoms with Crippen LogP contribution in [-0.2, 0) is 20.4 Å². The summed E-state index contributed by atoms with van der Waals surface area (Å²) in [5, 5.41) is 3.97. The number of fused-ring (bicyclic) bond motifs is 4. The first-order valence-electron chi connectivity index (χ1n) is 14.5. The molecule has 2 aromatic heterocycles. The second-order valence-electron chi connectivity index (χ2n) is 11.9. The highest BCUT2D eigenvalue weighted by Gasteiger charge is 2.55. The van der Waals surface area contributed by atoms with Gasteiger partial charge in [-0.1, -0.05) is 19.4 Å². The third kappa shape index (κ3) is 5.26. The summed E-state index contributed by atoms with van der Waals surface area (Å²) >= 11 is 0. The van der Waals surface area contributed by atoms with Crippen LogP contribution >= 0.6 is 0 Å². The molecule has 0 radical (unpaired) electrons. The van der Waals surface area contributed by atoms with Crippen molar-refractivity contribution in [1.29, 1.82) is 0 Å². The molecule has 218 valence electrons. The summed E-state index contributed by atoms with van der Waals surface area (Å²) in [5.41, 5.74) is 3.97. The lowest BCUT2D eigenvalue weighted by Gasteiger charge is -2.42. The van der Waals surface area contributed by atoms with Gasteiger partial charge in [0.1, 0.15) is 5.69 Å². The van der Waals surface area contributed by atoms with E-state index in [-0.39, 0.29) is 17.5 Å². The van der Waals surface area contributed by atoms with Gasteiger partial charge >= 0.3 is 10.2 Å². The standard InChI is InChI=1S/C30H38N6O4S/c1-20-16-30(17-20)27-23-14-21(8-9-24(23)31-19-26(27)33-29(30)37)22-15-25(34-41(38,39)35(2)3)28(32-18-22)40-13-7-12-36-10-5-4-6-11-36/h8-9,14-15,18-20,34H,4-7,10-13,16-17H2,1-3H3,(H,33,37). The van der Waals surface area contributed by atoms with Crippen LogP contribution in [0.25, 0.3) is 22.0 Å². The summed E-state index contributed by atoms with van der Waals surface area (Å²) in [4.78, 5) is 24.6. The zero-order chi connectivity index (χ0) is 28.8. The molecule has 2 N–H and O–H groups in total. The number of benzene rings is 1. The summed E-state index contributed by atoms with van der Waals surface area (Å²) < 4.78 is 35.3. The zero-order valence-electron chi connectivity index (χ0n) is 23.9. The fourth-order valence-electron chi connectivity index (χ4n) is 6.53. The number of ether oxygens (including phenoxy) is 1. The third-order valence-electron chi connectivity index (χ3n) is 8.63. The Hall–Kier alpha value is -3.28. The van der Waals surface area contributed by atoms with Gasteiger partial charge in [-0.25, -0.2) is 4.98 Å². The number of piperidine rings is 1. The maximum absolute atomic E-state index is 13.0. The third-order valence-corrected chi connectivity index (χ3v) is 10.1. The molecule has 1 spiro atoms. The molecule has 0 atom stereocenters. The topological polar surface area (TPSA) is 117 Å². The average Bonchev–Trinajstić information content (AvgIpc) is 3.24. The number of nitrogens with zero attached hydrogens (tertiary/aromatic N) is 4. The van der Waals surface area contributed by atoms with Crippen molar-refractivity contribution in [3.8, 4) is 17.0 Å². The van der Waals surface area contributed by atoms with E-state index in [0.717, 1.165) is 76.5 Å². The van der Waals surface area contributed by atoms with Gasteiger partial charge in [0, 0.05) is 43.4 Å². The van der Waals surface area contributed by atoms with Gasteiger partial charge in [0.25, 0.3) is 0 Å². The first-order valence-corrected chi connectivity index (χ1v) is 15.9. The Bertz CT molecular complexity index is 1580. The van der Waals surface area contributed by atoms with Crippen LogP contribution in [0.2, 0.25) is 0 Å². The molecular weight excluding hydrogens is 540 g/mol. The number of hydrogen-bond donors (Lipinski definition) is 2. The molecule has 41 heavy (non-hydrogen) atoms. The molecule has 1 aromatic carbocycles. The molecule has 1 aliphatic carbocycles. The fourth-order valence-corrected chi connectivity index (χ4v) is 7.13. The molecule has 2 aliphatic heterocycles. The number of aromatic nitrogens is 2. The van der Waals surface area contributed by atoms with Gasteiger partial charge in [-0.05, 0) is 74.9 Å². The second kappa shape index (κ2) is 10.8. The maximum Gasteiger partial charge on any atom is 0.301 e. The van der Waals surface area contributed by atoms with E-state index < -0.39 is 15.6 Å². The van der Waals surface area contributed by atoms with Gasteiger partial charge in [0.05, 0.1) is 29.4 Å². The number of amides is 1. The van der Waals surface area contributed by atoms with Crippen LogP contribution in [0.15, 0.2) is 36.7 Å². The Morgan fingerprint density at radius 1 is 1.10 bits per heavy atom. The lowest BCUT2D eigenvalue weighted by Crippen LogP contribution is -2.45. The highest BCUT2D eigenvalue weighted by Crippen LogP contribution is 2.55. The minimum Gasteiger partial charge on any atom is -0.476 e. The highest BCUT2D eigenvalue weighted by molar-refractivity contribution is 7.90. The quantitative estimate of drug-likeness (QED) is 0.362. The molecule has 2 fully saturated rings. The van der Waals surface area contributed by atoms with E-state index in [1.54, 1.807) is 18.5 Å². The lowest BCUT2D eigenvalue weighted by molar-refractivity contribution is -0.125. The summed E-state index contributed by atoms with van der Waals surface area (Å²) in [7, 11) is -0.838. The van der Waals surface area contributed by atoms with Crippen LogP contribution < -0.4 is 14.8 Å². The zero-order valence-corrected chi connectivity index (χ0v) is 24.8. The number of rotatable bonds is 9. The first-order chi connectivity index (χ1) is 19.7. The summed E-state index contributed by atoms with van der Waals surface area (Å²) in [5.74, 6) is 0.787. The largest absolute Gasteiger partial charge is 0.476 e. The number of carbonyl (C=O) groups excluding carboxylic acids is 1. The van der Waals surface area contributed by atoms with E-state index in [1.807, 2.05) is 18.2 Å². The Kier molecular flexibility index (Phi) is 7.37. The average molecular weight is 579 g/mol. The number of hydrogen-bond acceptors (Lipinski definition) is 7. The second-order valence-corrected chi connectivity index (χ2v) is 13.8. The van der Waals surface area contributed by atoms with Crippen molar-refractivity contribution in [2.45, 2.75) is 50.9 Å². The van der Waals surface area contributed by atoms with Crippen molar-refractivity contribution in [2.75, 3.05) is 50.4 Å². The van der Waals surface area contributed by atoms with Crippen molar-refractivity contribution < 1.29 is 17.9 Å². The van der Waals surface area contributed by atoms with Gasteiger partial charge in [-0.3, -0.25) is 14.5 Å². The van der Waals surface area contributed by atoms with E-state index in [1.165, 1.54) is 33.4 Å². The molecule has 1 saturated heterocycles. The molecule has 1 amide bonds. The molecule has 1 saturated carbocycles. The van der Waals surface area contributed by atoms with Gasteiger partial charge in [0.15, 0.2) is 0 Å². The van der Waals surface area contributed by atoms with Crippen LogP contribution in [0.4, 0.5) is 11.4 Å². The summed E-state index contributed by atoms with van der Waals surface area (Å²) in [6.07, 6.45) is 9.69. The van der Waals surface area contributed by atoms with Crippen molar-refractivity contribution in [2.24, 2.45) is 5.92 Å². The number of pyridine rings is 2. The van der Waals surface area contributed by atoms with Gasteiger partial charge in [0.2, 0.25) is 11.8 Å². The van der Waals surface area contributed by atoms with Crippen LogP contribution in [0.1, 0.15) is 51.0 Å². The van der Waals surface area contributed by atoms with E-state index in [2.05, 4.69) is 31.8 Å². The summed E-state index contributed by atoms with van der Waals surface area (Å²) in [6, 6.07) is 7.68. The highest BCUT2D eigenvalue weighted by atomic mass is 32.2. The molecule has 0 unspecified atom stereocenters. The molecule has 3 aliphatic rings. The molecular formula is C30H38N6O4S. The van der Waals surface area contributed by atoms with Gasteiger partial charge in [-0.2, -0.15) is 12.7 Å². The predicted octanol–water partition coefficient (Wildman–Crippen LogP) is 4.39. The smallest absolute Gasteiger partial charge is 0.301 e. The van der Waals surface area contributed by atoms with Crippen molar-refractivity contribution in [3.63, 3.8) is 0 Å². The minimum absolute atomic E-state index is 0.0501. The van der Waals surface area contributed by atoms with Crippen LogP contribution in [0.3, 0.4) is 0 Å². The minimum atomic E-state index is -3.79. The van der Waals surface area contributed by atoms with Gasteiger partial charge < -0.3 is 15.0 Å². The number of anilines is 2. The molecule has 3 aromatic rings. The normalized spacial score (nSPS) is 22.5. The molecule has 0 bridgehead atoms. The molecule has 10 nitrogen and oxygen atoms in total. The number of nitrogens with one attached hydrogen (secondary N) is 2. The van der Waals surface area contributed by atoms with Crippen molar-refractivity contribution >= 4 is 38.4 Å². The Morgan fingerprint density at radius 2 is 1.88 bits per heavy atom. The monoisotopic (exact) mass is 578 g/mol. The fraction of sp³-hybridized carbons (Fsp3) is 0.500. The predicted molar refractivity (Wildman–Crippen MR) is 160 cm³/mol. The molecule has 6 rings (SSSR count). The van der Waals surface area contributed by atoms with E-state index in [0.29, 0.717) is 12.5 Å². The van der Waals surface area contributed by atoms with Gasteiger partial charge in [-0.15, -0.1) is 0 Å². The molecule has 11 heteroatoms. The first kappa shape index (κ1) is 27.9. The van der Waals surface area contributed by atoms with Crippen molar-refractivity contribution in [1.82, 2.24) is 19.2 Å². The Morgan fingerprint density at radius 3 is 2.61 bits per heavy atom. The van der Waals surface area contributed by atoms with Crippen LogP contribution in [-0.4, -0.2) is 73.8 Å².